The molecular weight excluding hydrogens is 340 g/mol. The van der Waals surface area contributed by atoms with Crippen LogP contribution in [0.3, 0.4) is 0 Å². The number of benzene rings is 1. The molecule has 3 rings (SSSR count). The molecule has 0 saturated heterocycles. The van der Waals surface area contributed by atoms with Crippen molar-refractivity contribution >= 4 is 16.9 Å². The van der Waals surface area contributed by atoms with E-state index in [0.717, 1.165) is 11.1 Å². The first-order chi connectivity index (χ1) is 12.4. The van der Waals surface area contributed by atoms with E-state index in [1.807, 2.05) is 0 Å². The molecule has 0 radical (unpaired) electrons. The largest absolute Gasteiger partial charge is 0.477 e. The fourth-order valence-electron chi connectivity index (χ4n) is 3.05. The summed E-state index contributed by atoms with van der Waals surface area (Å²) in [5.74, 6) is -1.28. The third kappa shape index (κ3) is 3.35. The molecule has 0 unspecified atom stereocenters. The molecule has 4 nitrogen and oxygen atoms in total. The van der Waals surface area contributed by atoms with Crippen LogP contribution in [0.2, 0.25) is 0 Å². The number of hydrogen-bond acceptors (Lipinski definition) is 2. The number of alkyl halides is 2. The van der Waals surface area contributed by atoms with Crippen molar-refractivity contribution in [3.63, 3.8) is 0 Å². The van der Waals surface area contributed by atoms with Crippen molar-refractivity contribution in [3.8, 4) is 0 Å². The average molecular weight is 357 g/mol. The van der Waals surface area contributed by atoms with Crippen molar-refractivity contribution in [1.82, 2.24) is 4.57 Å². The van der Waals surface area contributed by atoms with Crippen LogP contribution in [0.5, 0.6) is 0 Å². The van der Waals surface area contributed by atoms with Gasteiger partial charge < -0.3 is 9.67 Å². The second-order valence-corrected chi connectivity index (χ2v) is 6.10. The van der Waals surface area contributed by atoms with Crippen LogP contribution >= 0.6 is 0 Å². The maximum atomic E-state index is 12.8. The highest BCUT2D eigenvalue weighted by molar-refractivity contribution is 5.92. The van der Waals surface area contributed by atoms with Gasteiger partial charge in [0.25, 0.3) is 12.0 Å². The molecule has 0 aliphatic heterocycles. The van der Waals surface area contributed by atoms with Gasteiger partial charge in [0.15, 0.2) is 0 Å². The van der Waals surface area contributed by atoms with Gasteiger partial charge in [-0.2, -0.15) is 0 Å². The Morgan fingerprint density at radius 3 is 2.73 bits per heavy atom. The fourth-order valence-corrected chi connectivity index (χ4v) is 3.05. The van der Waals surface area contributed by atoms with Crippen LogP contribution in [0.4, 0.5) is 8.78 Å². The van der Waals surface area contributed by atoms with E-state index in [1.165, 1.54) is 22.8 Å². The summed E-state index contributed by atoms with van der Waals surface area (Å²) in [6.07, 6.45) is 2.54. The van der Waals surface area contributed by atoms with Gasteiger partial charge >= 0.3 is 5.97 Å². The fraction of sp³-hybridized carbons (Fsp3) is 0.200. The first kappa shape index (κ1) is 17.8. The Bertz CT molecular complexity index is 1030. The van der Waals surface area contributed by atoms with Crippen LogP contribution in [0.1, 0.15) is 23.7 Å². The smallest absolute Gasteiger partial charge is 0.341 e. The van der Waals surface area contributed by atoms with Crippen LogP contribution < -0.4 is 5.56 Å². The van der Waals surface area contributed by atoms with Crippen molar-refractivity contribution < 1.29 is 18.7 Å². The molecule has 0 fully saturated rings. The first-order valence-corrected chi connectivity index (χ1v) is 8.10. The molecule has 0 saturated carbocycles. The van der Waals surface area contributed by atoms with Gasteiger partial charge in [-0.15, -0.1) is 0 Å². The summed E-state index contributed by atoms with van der Waals surface area (Å²) in [7, 11) is 0. The molecule has 2 aromatic rings. The Labute approximate surface area is 148 Å². The van der Waals surface area contributed by atoms with Gasteiger partial charge in [-0.25, -0.2) is 13.6 Å². The second kappa shape index (κ2) is 7.07. The lowest BCUT2D eigenvalue weighted by Gasteiger charge is -2.15. The predicted octanol–water partition coefficient (Wildman–Crippen LogP) is 4.17. The van der Waals surface area contributed by atoms with Crippen molar-refractivity contribution in [2.75, 3.05) is 0 Å². The minimum atomic E-state index is -2.51. The number of carboxylic acids is 1. The SMILES string of the molecule is CC1=CC(C(F)F)=CC/C1=C\Cn1c(=O)c(C(=O)O)cc2ccccc21. The Kier molecular flexibility index (Phi) is 4.84. The molecule has 26 heavy (non-hydrogen) atoms. The molecule has 0 amide bonds. The van der Waals surface area contributed by atoms with E-state index in [-0.39, 0.29) is 17.7 Å². The number of carbonyl (C=O) groups is 1. The average Bonchev–Trinajstić information content (AvgIpc) is 2.61. The summed E-state index contributed by atoms with van der Waals surface area (Å²) in [5.41, 5.74) is 1.29. The number of allylic oxidation sites excluding steroid dienone is 6. The Morgan fingerprint density at radius 1 is 1.35 bits per heavy atom. The summed E-state index contributed by atoms with van der Waals surface area (Å²) in [6, 6.07) is 8.40. The van der Waals surface area contributed by atoms with E-state index in [1.54, 1.807) is 37.3 Å². The summed E-state index contributed by atoms with van der Waals surface area (Å²) in [4.78, 5) is 23.9. The van der Waals surface area contributed by atoms with Gasteiger partial charge in [0.1, 0.15) is 5.56 Å². The number of hydrogen-bond donors (Lipinski definition) is 1. The quantitative estimate of drug-likeness (QED) is 0.893. The van der Waals surface area contributed by atoms with Crippen LogP contribution in [0.25, 0.3) is 10.9 Å². The second-order valence-electron chi connectivity index (χ2n) is 6.10. The summed E-state index contributed by atoms with van der Waals surface area (Å²) >= 11 is 0. The standard InChI is InChI=1S/C20H17F2NO3/c1-12-10-15(18(21)22)7-6-13(12)8-9-23-17-5-3-2-4-14(17)11-16(19(23)24)20(25)26/h2-5,7-8,10-11,18H,6,9H2,1H3,(H,25,26)/b13-8+. The third-order valence-electron chi connectivity index (χ3n) is 4.45. The number of rotatable bonds is 4. The lowest BCUT2D eigenvalue weighted by atomic mass is 9.95. The highest BCUT2D eigenvalue weighted by Gasteiger charge is 2.16. The van der Waals surface area contributed by atoms with Crippen LogP contribution in [0.15, 0.2) is 70.1 Å². The molecule has 1 N–H and O–H groups in total. The van der Waals surface area contributed by atoms with Crippen LogP contribution in [-0.4, -0.2) is 22.1 Å². The maximum Gasteiger partial charge on any atom is 0.341 e. The lowest BCUT2D eigenvalue weighted by molar-refractivity contribution is 0.0694. The molecule has 0 spiro atoms. The highest BCUT2D eigenvalue weighted by Crippen LogP contribution is 2.26. The van der Waals surface area contributed by atoms with Crippen LogP contribution in [-0.2, 0) is 6.54 Å². The molecule has 1 heterocycles. The van der Waals surface area contributed by atoms with Gasteiger partial charge in [-0.1, -0.05) is 36.4 Å². The van der Waals surface area contributed by atoms with E-state index in [2.05, 4.69) is 0 Å². The van der Waals surface area contributed by atoms with Gasteiger partial charge in [0, 0.05) is 12.1 Å². The number of pyridine rings is 1. The third-order valence-corrected chi connectivity index (χ3v) is 4.45. The van der Waals surface area contributed by atoms with Gasteiger partial charge in [-0.05, 0) is 42.0 Å². The zero-order valence-electron chi connectivity index (χ0n) is 14.1. The number of nitrogens with zero attached hydrogens (tertiary/aromatic N) is 1. The van der Waals surface area contributed by atoms with E-state index in [0.29, 0.717) is 17.3 Å². The number of aromatic nitrogens is 1. The van der Waals surface area contributed by atoms with E-state index in [9.17, 15) is 23.5 Å². The van der Waals surface area contributed by atoms with Crippen LogP contribution in [0, 0.1) is 0 Å². The van der Waals surface area contributed by atoms with Crippen molar-refractivity contribution in [3.05, 3.63) is 81.2 Å². The van der Waals surface area contributed by atoms with Crippen molar-refractivity contribution in [1.29, 1.82) is 0 Å². The predicted molar refractivity (Wildman–Crippen MR) is 95.7 cm³/mol. The molecule has 134 valence electrons. The molecule has 0 bridgehead atoms. The minimum Gasteiger partial charge on any atom is -0.477 e. The van der Waals surface area contributed by atoms with Gasteiger partial charge in [0.05, 0.1) is 5.52 Å². The van der Waals surface area contributed by atoms with E-state index >= 15 is 0 Å². The molecule has 6 heteroatoms. The first-order valence-electron chi connectivity index (χ1n) is 8.10. The summed E-state index contributed by atoms with van der Waals surface area (Å²) in [6.45, 7) is 1.91. The number of aromatic carboxylic acids is 1. The van der Waals surface area contributed by atoms with E-state index < -0.39 is 18.0 Å². The number of fused-ring (bicyclic) bond motifs is 1. The molecule has 1 aliphatic carbocycles. The minimum absolute atomic E-state index is 0.00450. The number of halogens is 2. The molecule has 1 aromatic carbocycles. The highest BCUT2D eigenvalue weighted by atomic mass is 19.3. The maximum absolute atomic E-state index is 12.8. The Morgan fingerprint density at radius 2 is 2.08 bits per heavy atom. The van der Waals surface area contributed by atoms with Crippen molar-refractivity contribution in [2.45, 2.75) is 26.3 Å². The normalized spacial score (nSPS) is 16.1. The molecule has 1 aliphatic rings. The summed E-state index contributed by atoms with van der Waals surface area (Å²) < 4.78 is 27.0. The topological polar surface area (TPSA) is 59.3 Å². The van der Waals surface area contributed by atoms with Gasteiger partial charge in [0.2, 0.25) is 0 Å². The molecule has 0 atom stereocenters. The number of para-hydroxylation sites is 1. The molecular formula is C20H17F2NO3. The molecule has 1 aromatic heterocycles. The monoisotopic (exact) mass is 357 g/mol. The Hall–Kier alpha value is -3.02. The Balaban J connectivity index is 2.02. The zero-order chi connectivity index (χ0) is 18.8. The van der Waals surface area contributed by atoms with E-state index in [4.69, 9.17) is 0 Å². The van der Waals surface area contributed by atoms with Gasteiger partial charge in [-0.3, -0.25) is 4.79 Å². The number of carboxylic acid groups (broad SMARTS) is 1. The van der Waals surface area contributed by atoms with Crippen molar-refractivity contribution in [2.24, 2.45) is 0 Å². The lowest BCUT2D eigenvalue weighted by Crippen LogP contribution is -2.26. The zero-order valence-corrected chi connectivity index (χ0v) is 14.1. The summed E-state index contributed by atoms with van der Waals surface area (Å²) in [5, 5.41) is 9.92.